The molecule has 1 rings (SSSR count). The lowest BCUT2D eigenvalue weighted by molar-refractivity contribution is -0.104. The second-order valence-corrected chi connectivity index (χ2v) is 2.75. The monoisotopic (exact) mass is 208 g/mol. The summed E-state index contributed by atoms with van der Waals surface area (Å²) in [5, 5.41) is 14.5. The van der Waals surface area contributed by atoms with Gasteiger partial charge >= 0.3 is 0 Å². The van der Waals surface area contributed by atoms with Crippen LogP contribution < -0.4 is 10.9 Å². The Kier molecular flexibility index (Phi) is 3.64. The average molecular weight is 208 g/mol. The molecule has 0 aliphatic rings. The smallest absolute Gasteiger partial charge is 0.235 e. The van der Waals surface area contributed by atoms with Gasteiger partial charge in [0, 0.05) is 13.2 Å². The van der Waals surface area contributed by atoms with Gasteiger partial charge in [-0.15, -0.1) is 0 Å². The van der Waals surface area contributed by atoms with Crippen molar-refractivity contribution in [3.8, 4) is 5.88 Å². The van der Waals surface area contributed by atoms with Gasteiger partial charge in [0.2, 0.25) is 5.88 Å². The van der Waals surface area contributed by atoms with Gasteiger partial charge < -0.3 is 5.11 Å². The highest BCUT2D eigenvalue weighted by molar-refractivity contribution is 5.65. The summed E-state index contributed by atoms with van der Waals surface area (Å²) >= 11 is 0. The fourth-order valence-electron chi connectivity index (χ4n) is 0.934. The number of hydrazine groups is 1. The van der Waals surface area contributed by atoms with E-state index in [2.05, 4.69) is 5.10 Å². The zero-order valence-electron chi connectivity index (χ0n) is 8.24. The number of nitrogens with zero attached hydrogens (tertiary/aromatic N) is 3. The van der Waals surface area contributed by atoms with Crippen molar-refractivity contribution in [3.63, 3.8) is 0 Å². The van der Waals surface area contributed by atoms with Crippen molar-refractivity contribution in [1.82, 2.24) is 9.78 Å². The molecule has 0 spiro atoms. The van der Waals surface area contributed by atoms with E-state index < -0.39 is 0 Å². The SMILES string of the molecule is Cn1ncc(N(N)/C=C\C=C/C=O)c1O. The molecule has 3 N–H and O–H groups in total. The molecule has 0 aliphatic carbocycles. The number of anilines is 1. The molecule has 1 aromatic rings. The van der Waals surface area contributed by atoms with Crippen LogP contribution in [-0.4, -0.2) is 21.2 Å². The molecule has 0 radical (unpaired) electrons. The molecule has 1 aromatic heterocycles. The number of aromatic nitrogens is 2. The van der Waals surface area contributed by atoms with Gasteiger partial charge in [-0.3, -0.25) is 9.80 Å². The molecule has 0 bridgehead atoms. The lowest BCUT2D eigenvalue weighted by Gasteiger charge is -2.10. The Morgan fingerprint density at radius 2 is 2.27 bits per heavy atom. The molecule has 0 saturated heterocycles. The van der Waals surface area contributed by atoms with Gasteiger partial charge in [-0.2, -0.15) is 5.10 Å². The van der Waals surface area contributed by atoms with Crippen LogP contribution in [0.25, 0.3) is 0 Å². The maximum atomic E-state index is 9.96. The van der Waals surface area contributed by atoms with Crippen LogP contribution in [0.1, 0.15) is 0 Å². The first-order valence-electron chi connectivity index (χ1n) is 4.20. The van der Waals surface area contributed by atoms with Crippen molar-refractivity contribution in [2.24, 2.45) is 12.9 Å². The Balaban J connectivity index is 2.73. The second kappa shape index (κ2) is 4.97. The lowest BCUT2D eigenvalue weighted by Crippen LogP contribution is -2.23. The average Bonchev–Trinajstić information content (AvgIpc) is 2.55. The molecule has 15 heavy (non-hydrogen) atoms. The van der Waals surface area contributed by atoms with Gasteiger partial charge in [0.1, 0.15) is 12.0 Å². The number of aromatic hydroxyl groups is 1. The molecular formula is C9H12N4O2. The summed E-state index contributed by atoms with van der Waals surface area (Å²) in [7, 11) is 1.60. The quantitative estimate of drug-likeness (QED) is 0.240. The van der Waals surface area contributed by atoms with Crippen LogP contribution >= 0.6 is 0 Å². The highest BCUT2D eigenvalue weighted by Gasteiger charge is 2.09. The van der Waals surface area contributed by atoms with Crippen LogP contribution in [0.2, 0.25) is 0 Å². The van der Waals surface area contributed by atoms with E-state index in [1.165, 1.54) is 34.2 Å². The number of carbonyl (C=O) groups is 1. The fourth-order valence-corrected chi connectivity index (χ4v) is 0.934. The summed E-state index contributed by atoms with van der Waals surface area (Å²) in [6.07, 6.45) is 8.02. The summed E-state index contributed by atoms with van der Waals surface area (Å²) < 4.78 is 1.30. The van der Waals surface area contributed by atoms with Gasteiger partial charge in [-0.25, -0.2) is 10.5 Å². The zero-order valence-corrected chi connectivity index (χ0v) is 8.24. The molecule has 1 heterocycles. The Labute approximate surface area is 86.9 Å². The Morgan fingerprint density at radius 1 is 1.53 bits per heavy atom. The molecule has 0 aromatic carbocycles. The first-order chi connectivity index (χ1) is 7.16. The van der Waals surface area contributed by atoms with Gasteiger partial charge in [0.25, 0.3) is 0 Å². The molecule has 0 fully saturated rings. The summed E-state index contributed by atoms with van der Waals surface area (Å²) in [4.78, 5) is 9.96. The largest absolute Gasteiger partial charge is 0.492 e. The number of aldehydes is 1. The lowest BCUT2D eigenvalue weighted by atomic mass is 10.4. The number of aryl methyl sites for hydroxylation is 1. The van der Waals surface area contributed by atoms with E-state index in [0.29, 0.717) is 12.0 Å². The molecule has 0 unspecified atom stereocenters. The zero-order chi connectivity index (χ0) is 11.3. The highest BCUT2D eigenvalue weighted by atomic mass is 16.3. The third-order valence-electron chi connectivity index (χ3n) is 1.71. The first-order valence-corrected chi connectivity index (χ1v) is 4.20. The maximum absolute atomic E-state index is 9.96. The van der Waals surface area contributed by atoms with Crippen LogP contribution in [0.5, 0.6) is 5.88 Å². The molecule has 0 aliphatic heterocycles. The number of nitrogens with two attached hydrogens (primary N) is 1. The summed E-state index contributed by atoms with van der Waals surface area (Å²) in [6.45, 7) is 0. The van der Waals surface area contributed by atoms with Crippen LogP contribution in [0, 0.1) is 0 Å². The van der Waals surface area contributed by atoms with Crippen molar-refractivity contribution >= 4 is 12.0 Å². The minimum atomic E-state index is -0.0264. The van der Waals surface area contributed by atoms with Crippen molar-refractivity contribution in [3.05, 3.63) is 30.6 Å². The van der Waals surface area contributed by atoms with Crippen LogP contribution in [-0.2, 0) is 11.8 Å². The Bertz CT molecular complexity index is 395. The first kappa shape index (κ1) is 11.0. The number of allylic oxidation sites excluding steroid dienone is 3. The molecule has 6 nitrogen and oxygen atoms in total. The predicted molar refractivity (Wildman–Crippen MR) is 55.9 cm³/mol. The van der Waals surface area contributed by atoms with E-state index in [0.717, 1.165) is 0 Å². The van der Waals surface area contributed by atoms with E-state index in [9.17, 15) is 9.90 Å². The number of rotatable bonds is 4. The highest BCUT2D eigenvalue weighted by Crippen LogP contribution is 2.23. The Morgan fingerprint density at radius 3 is 2.80 bits per heavy atom. The van der Waals surface area contributed by atoms with Gasteiger partial charge in [-0.1, -0.05) is 6.08 Å². The minimum Gasteiger partial charge on any atom is -0.492 e. The molecule has 0 saturated carbocycles. The standard InChI is InChI=1S/C9H12N4O2/c1-12-9(15)8(7-11-12)13(10)5-3-2-4-6-14/h2-7,15H,10H2,1H3/b4-2-,5-3-. The molecular weight excluding hydrogens is 196 g/mol. The van der Waals surface area contributed by atoms with Crippen molar-refractivity contribution in [2.75, 3.05) is 5.01 Å². The normalized spacial score (nSPS) is 11.3. The maximum Gasteiger partial charge on any atom is 0.235 e. The molecule has 0 amide bonds. The minimum absolute atomic E-state index is 0.0264. The van der Waals surface area contributed by atoms with Crippen LogP contribution in [0.4, 0.5) is 5.69 Å². The van der Waals surface area contributed by atoms with Gasteiger partial charge in [0.15, 0.2) is 0 Å². The van der Waals surface area contributed by atoms with Crippen molar-refractivity contribution < 1.29 is 9.90 Å². The van der Waals surface area contributed by atoms with Crippen molar-refractivity contribution in [2.45, 2.75) is 0 Å². The van der Waals surface area contributed by atoms with E-state index in [1.54, 1.807) is 13.1 Å². The van der Waals surface area contributed by atoms with E-state index in [-0.39, 0.29) is 5.88 Å². The van der Waals surface area contributed by atoms with Crippen LogP contribution in [0.3, 0.4) is 0 Å². The van der Waals surface area contributed by atoms with E-state index in [4.69, 9.17) is 5.84 Å². The fraction of sp³-hybridized carbons (Fsp3) is 0.111. The predicted octanol–water partition coefficient (Wildman–Crippen LogP) is 0.0746. The molecule has 80 valence electrons. The van der Waals surface area contributed by atoms with E-state index in [1.807, 2.05) is 0 Å². The van der Waals surface area contributed by atoms with Gasteiger partial charge in [-0.05, 0) is 12.2 Å². The van der Waals surface area contributed by atoms with Crippen LogP contribution in [0.15, 0.2) is 30.6 Å². The van der Waals surface area contributed by atoms with E-state index >= 15 is 0 Å². The summed E-state index contributed by atoms with van der Waals surface area (Å²) in [5.41, 5.74) is 0.383. The number of hydrogen-bond donors (Lipinski definition) is 2. The Hall–Kier alpha value is -2.08. The third kappa shape index (κ3) is 2.68. The third-order valence-corrected chi connectivity index (χ3v) is 1.71. The summed E-state index contributed by atoms with van der Waals surface area (Å²) in [6, 6.07) is 0. The summed E-state index contributed by atoms with van der Waals surface area (Å²) in [5.74, 6) is 5.58. The molecule has 0 atom stereocenters. The van der Waals surface area contributed by atoms with Gasteiger partial charge in [0.05, 0.1) is 6.20 Å². The number of carbonyl (C=O) groups excluding carboxylic acids is 1. The second-order valence-electron chi connectivity index (χ2n) is 2.75. The molecule has 6 heteroatoms. The number of hydrogen-bond acceptors (Lipinski definition) is 5. The van der Waals surface area contributed by atoms with Crippen molar-refractivity contribution in [1.29, 1.82) is 0 Å². The topological polar surface area (TPSA) is 84.4 Å².